The van der Waals surface area contributed by atoms with Crippen LogP contribution in [0.5, 0.6) is 5.75 Å². The Kier molecular flexibility index (Phi) is 3.36. The zero-order valence-electron chi connectivity index (χ0n) is 10.3. The molecular weight excluding hydrogens is 293 g/mol. The van der Waals surface area contributed by atoms with E-state index >= 15 is 0 Å². The zero-order chi connectivity index (χ0) is 14.4. The number of benzene rings is 1. The van der Waals surface area contributed by atoms with Crippen LogP contribution in [0.2, 0.25) is 10.0 Å². The number of fused-ring (bicyclic) bond motifs is 1. The lowest BCUT2D eigenvalue weighted by atomic mass is 9.97. The predicted octanol–water partition coefficient (Wildman–Crippen LogP) is 2.47. The summed E-state index contributed by atoms with van der Waals surface area (Å²) in [6, 6.07) is 1.34. The molecular formula is C12H11Cl2NO4. The maximum atomic E-state index is 12.3. The smallest absolute Gasteiger partial charge is 0.358 e. The van der Waals surface area contributed by atoms with Crippen LogP contribution in [0.4, 0.5) is 5.69 Å². The van der Waals surface area contributed by atoms with Gasteiger partial charge in [-0.15, -0.1) is 0 Å². The molecule has 1 unspecified atom stereocenters. The van der Waals surface area contributed by atoms with E-state index in [-0.39, 0.29) is 33.7 Å². The fourth-order valence-corrected chi connectivity index (χ4v) is 2.35. The second-order valence-corrected chi connectivity index (χ2v) is 4.96. The molecule has 1 aliphatic rings. The highest BCUT2D eigenvalue weighted by Crippen LogP contribution is 2.46. The summed E-state index contributed by atoms with van der Waals surface area (Å²) >= 11 is 11.8. The van der Waals surface area contributed by atoms with Crippen molar-refractivity contribution in [1.82, 2.24) is 0 Å². The van der Waals surface area contributed by atoms with Crippen molar-refractivity contribution in [1.29, 1.82) is 0 Å². The van der Waals surface area contributed by atoms with Gasteiger partial charge in [0.1, 0.15) is 0 Å². The molecule has 1 heterocycles. The number of hydrogen-bond donors (Lipinski definition) is 1. The SMILES string of the molecule is CCOC(=O)C1(C)Oc2c(N)c(Cl)cc(Cl)c2C1=O. The molecule has 0 aromatic heterocycles. The minimum atomic E-state index is -1.78. The number of ketones is 1. The van der Waals surface area contributed by atoms with Crippen molar-refractivity contribution in [3.8, 4) is 5.75 Å². The molecule has 5 nitrogen and oxygen atoms in total. The van der Waals surface area contributed by atoms with Crippen LogP contribution in [0, 0.1) is 0 Å². The third kappa shape index (κ3) is 1.93. The molecule has 19 heavy (non-hydrogen) atoms. The van der Waals surface area contributed by atoms with Gasteiger partial charge in [-0.1, -0.05) is 23.2 Å². The Bertz CT molecular complexity index is 588. The summed E-state index contributed by atoms with van der Waals surface area (Å²) in [6.07, 6.45) is 0. The Morgan fingerprint density at radius 2 is 2.11 bits per heavy atom. The summed E-state index contributed by atoms with van der Waals surface area (Å²) in [6.45, 7) is 3.08. The fraction of sp³-hybridized carbons (Fsp3) is 0.333. The number of nitrogens with two attached hydrogens (primary N) is 1. The fourth-order valence-electron chi connectivity index (χ4n) is 1.82. The Morgan fingerprint density at radius 3 is 2.68 bits per heavy atom. The normalized spacial score (nSPS) is 20.9. The highest BCUT2D eigenvalue weighted by molar-refractivity contribution is 6.40. The first kappa shape index (κ1) is 14.0. The zero-order valence-corrected chi connectivity index (χ0v) is 11.8. The molecule has 0 amide bonds. The number of hydrogen-bond acceptors (Lipinski definition) is 5. The van der Waals surface area contributed by atoms with Gasteiger partial charge >= 0.3 is 5.97 Å². The third-order valence-corrected chi connectivity index (χ3v) is 3.46. The molecule has 0 radical (unpaired) electrons. The van der Waals surface area contributed by atoms with Crippen LogP contribution in [0.15, 0.2) is 6.07 Å². The van der Waals surface area contributed by atoms with Crippen LogP contribution in [-0.2, 0) is 9.53 Å². The first-order valence-corrected chi connectivity index (χ1v) is 6.27. The lowest BCUT2D eigenvalue weighted by Gasteiger charge is -2.19. The van der Waals surface area contributed by atoms with Crippen molar-refractivity contribution in [2.75, 3.05) is 12.3 Å². The standard InChI is InChI=1S/C12H11Cl2NO4/c1-3-18-11(17)12(2)10(16)7-5(13)4-6(14)8(15)9(7)19-12/h4H,3,15H2,1-2H3. The monoisotopic (exact) mass is 303 g/mol. The van der Waals surface area contributed by atoms with Gasteiger partial charge in [0, 0.05) is 0 Å². The Labute approximate surface area is 119 Å². The quantitative estimate of drug-likeness (QED) is 0.516. The summed E-state index contributed by atoms with van der Waals surface area (Å²) in [5.41, 5.74) is 4.09. The molecule has 102 valence electrons. The molecule has 1 aliphatic heterocycles. The van der Waals surface area contributed by atoms with Gasteiger partial charge in [0.2, 0.25) is 5.78 Å². The van der Waals surface area contributed by atoms with E-state index in [0.29, 0.717) is 0 Å². The van der Waals surface area contributed by atoms with E-state index < -0.39 is 17.4 Å². The largest absolute Gasteiger partial charge is 0.464 e. The van der Waals surface area contributed by atoms with Gasteiger partial charge in [0.25, 0.3) is 5.60 Å². The van der Waals surface area contributed by atoms with E-state index in [0.717, 1.165) is 0 Å². The van der Waals surface area contributed by atoms with Crippen LogP contribution in [0.25, 0.3) is 0 Å². The van der Waals surface area contributed by atoms with Crippen molar-refractivity contribution >= 4 is 40.6 Å². The first-order chi connectivity index (χ1) is 8.82. The minimum Gasteiger partial charge on any atom is -0.464 e. The topological polar surface area (TPSA) is 78.6 Å². The van der Waals surface area contributed by atoms with E-state index in [1.807, 2.05) is 0 Å². The number of halogens is 2. The average Bonchev–Trinajstić information content (AvgIpc) is 2.62. The Morgan fingerprint density at radius 1 is 1.47 bits per heavy atom. The Hall–Kier alpha value is -1.46. The number of esters is 1. The second-order valence-electron chi connectivity index (χ2n) is 4.14. The second kappa shape index (κ2) is 4.58. The third-order valence-electron chi connectivity index (χ3n) is 2.85. The number of ether oxygens (including phenoxy) is 2. The van der Waals surface area contributed by atoms with Crippen molar-refractivity contribution < 1.29 is 19.1 Å². The maximum absolute atomic E-state index is 12.3. The van der Waals surface area contributed by atoms with E-state index in [1.165, 1.54) is 13.0 Å². The van der Waals surface area contributed by atoms with Crippen molar-refractivity contribution in [3.05, 3.63) is 21.7 Å². The van der Waals surface area contributed by atoms with Crippen LogP contribution >= 0.6 is 23.2 Å². The van der Waals surface area contributed by atoms with Crippen LogP contribution in [-0.4, -0.2) is 24.0 Å². The minimum absolute atomic E-state index is 0.0260. The van der Waals surface area contributed by atoms with E-state index in [1.54, 1.807) is 6.92 Å². The molecule has 0 fully saturated rings. The molecule has 2 N–H and O–H groups in total. The van der Waals surface area contributed by atoms with Gasteiger partial charge in [-0.05, 0) is 19.9 Å². The molecule has 0 aliphatic carbocycles. The van der Waals surface area contributed by atoms with Gasteiger partial charge in [-0.2, -0.15) is 0 Å². The van der Waals surface area contributed by atoms with Crippen LogP contribution in [0.1, 0.15) is 24.2 Å². The van der Waals surface area contributed by atoms with Crippen molar-refractivity contribution in [3.63, 3.8) is 0 Å². The predicted molar refractivity (Wildman–Crippen MR) is 70.9 cm³/mol. The van der Waals surface area contributed by atoms with E-state index in [9.17, 15) is 9.59 Å². The molecule has 0 spiro atoms. The summed E-state index contributed by atoms with van der Waals surface area (Å²) in [7, 11) is 0. The van der Waals surface area contributed by atoms with Gasteiger partial charge < -0.3 is 15.2 Å². The number of nitrogen functional groups attached to an aromatic ring is 1. The molecule has 0 saturated carbocycles. The number of rotatable bonds is 2. The molecule has 1 atom stereocenters. The van der Waals surface area contributed by atoms with Crippen molar-refractivity contribution in [2.45, 2.75) is 19.4 Å². The van der Waals surface area contributed by atoms with E-state index in [2.05, 4.69) is 0 Å². The Balaban J connectivity index is 2.56. The van der Waals surface area contributed by atoms with Crippen LogP contribution in [0.3, 0.4) is 0 Å². The molecule has 1 aromatic rings. The van der Waals surface area contributed by atoms with Gasteiger partial charge in [-0.3, -0.25) is 4.79 Å². The summed E-state index contributed by atoms with van der Waals surface area (Å²) in [5, 5.41) is 0.247. The number of anilines is 1. The lowest BCUT2D eigenvalue weighted by Crippen LogP contribution is -2.46. The molecule has 0 saturated heterocycles. The molecule has 7 heteroatoms. The average molecular weight is 304 g/mol. The lowest BCUT2D eigenvalue weighted by molar-refractivity contribution is -0.155. The molecule has 1 aromatic carbocycles. The van der Waals surface area contributed by atoms with Gasteiger partial charge in [0.15, 0.2) is 5.75 Å². The van der Waals surface area contributed by atoms with Gasteiger partial charge in [0.05, 0.1) is 27.9 Å². The highest BCUT2D eigenvalue weighted by Gasteiger charge is 2.53. The van der Waals surface area contributed by atoms with Gasteiger partial charge in [-0.25, -0.2) is 4.79 Å². The number of carbonyl (C=O) groups excluding carboxylic acids is 2. The summed E-state index contributed by atoms with van der Waals surface area (Å²) in [5.74, 6) is -1.35. The molecule has 0 bridgehead atoms. The van der Waals surface area contributed by atoms with Crippen LogP contribution < -0.4 is 10.5 Å². The highest BCUT2D eigenvalue weighted by atomic mass is 35.5. The van der Waals surface area contributed by atoms with Crippen molar-refractivity contribution in [2.24, 2.45) is 0 Å². The number of carbonyl (C=O) groups is 2. The number of Topliss-reactive ketones (excluding diaryl/α,β-unsaturated/α-hetero) is 1. The first-order valence-electron chi connectivity index (χ1n) is 5.51. The molecule has 2 rings (SSSR count). The summed E-state index contributed by atoms with van der Waals surface area (Å²) in [4.78, 5) is 24.2. The summed E-state index contributed by atoms with van der Waals surface area (Å²) < 4.78 is 10.2. The van der Waals surface area contributed by atoms with E-state index in [4.69, 9.17) is 38.4 Å². The maximum Gasteiger partial charge on any atom is 0.358 e.